The Morgan fingerprint density at radius 2 is 1.91 bits per heavy atom. The van der Waals surface area contributed by atoms with E-state index in [9.17, 15) is 4.79 Å². The predicted molar refractivity (Wildman–Crippen MR) is 88.6 cm³/mol. The smallest absolute Gasteiger partial charge is 0.249 e. The second-order valence-electron chi connectivity index (χ2n) is 5.43. The van der Waals surface area contributed by atoms with Crippen LogP contribution in [0, 0.1) is 0 Å². The Kier molecular flexibility index (Phi) is 4.00. The lowest BCUT2D eigenvalue weighted by Crippen LogP contribution is -2.40. The number of hydrogen-bond donors (Lipinski definition) is 1. The van der Waals surface area contributed by atoms with Crippen molar-refractivity contribution in [2.45, 2.75) is 19.4 Å². The van der Waals surface area contributed by atoms with Crippen LogP contribution in [0.1, 0.15) is 12.5 Å². The molecule has 0 spiro atoms. The van der Waals surface area contributed by atoms with E-state index >= 15 is 0 Å². The van der Waals surface area contributed by atoms with Gasteiger partial charge >= 0.3 is 0 Å². The number of hydrogen-bond acceptors (Lipinski definition) is 3. The molecule has 3 rings (SSSR count). The maximum atomic E-state index is 12.7. The molecule has 1 amide bonds. The topological polar surface area (TPSA) is 41.6 Å². The summed E-state index contributed by atoms with van der Waals surface area (Å²) in [5.74, 6) is 0.819. The van der Waals surface area contributed by atoms with Crippen molar-refractivity contribution in [2.75, 3.05) is 23.9 Å². The van der Waals surface area contributed by atoms with Crippen LogP contribution in [0.5, 0.6) is 5.75 Å². The first kappa shape index (κ1) is 14.4. The summed E-state index contributed by atoms with van der Waals surface area (Å²) in [7, 11) is 1.63. The molecule has 22 heavy (non-hydrogen) atoms. The molecule has 0 saturated heterocycles. The number of carbonyl (C=O) groups excluding carboxylic acids is 1. The van der Waals surface area contributed by atoms with Crippen LogP contribution in [-0.2, 0) is 11.2 Å². The van der Waals surface area contributed by atoms with Gasteiger partial charge in [0.1, 0.15) is 11.8 Å². The van der Waals surface area contributed by atoms with E-state index in [2.05, 4.69) is 11.4 Å². The average molecular weight is 296 g/mol. The minimum absolute atomic E-state index is 0.0795. The lowest BCUT2D eigenvalue weighted by molar-refractivity contribution is -0.118. The summed E-state index contributed by atoms with van der Waals surface area (Å²) >= 11 is 0. The number of nitrogens with one attached hydrogen (secondary N) is 1. The molecular formula is C18H20N2O2. The highest BCUT2D eigenvalue weighted by atomic mass is 16.5. The number of carbonyl (C=O) groups is 1. The molecule has 0 aromatic heterocycles. The molecule has 2 aromatic carbocycles. The molecule has 0 fully saturated rings. The van der Waals surface area contributed by atoms with E-state index in [-0.39, 0.29) is 11.9 Å². The van der Waals surface area contributed by atoms with E-state index in [0.29, 0.717) is 0 Å². The van der Waals surface area contributed by atoms with Gasteiger partial charge in [-0.2, -0.15) is 0 Å². The number of anilines is 2. The van der Waals surface area contributed by atoms with E-state index < -0.39 is 0 Å². The van der Waals surface area contributed by atoms with Gasteiger partial charge in [-0.3, -0.25) is 4.79 Å². The highest BCUT2D eigenvalue weighted by molar-refractivity contribution is 6.00. The molecule has 0 radical (unpaired) electrons. The summed E-state index contributed by atoms with van der Waals surface area (Å²) < 4.78 is 5.32. The molecule has 4 heteroatoms. The van der Waals surface area contributed by atoms with Gasteiger partial charge in [0, 0.05) is 12.2 Å². The Bertz CT molecular complexity index is 684. The Balaban J connectivity index is 1.76. The summed E-state index contributed by atoms with van der Waals surface area (Å²) in [6.07, 6.45) is 0.920. The van der Waals surface area contributed by atoms with Crippen molar-refractivity contribution in [1.82, 2.24) is 0 Å². The van der Waals surface area contributed by atoms with Gasteiger partial charge in [0.2, 0.25) is 5.91 Å². The Morgan fingerprint density at radius 1 is 1.18 bits per heavy atom. The number of benzene rings is 2. The third-order valence-corrected chi connectivity index (χ3v) is 4.00. The van der Waals surface area contributed by atoms with Crippen molar-refractivity contribution in [2.24, 2.45) is 0 Å². The van der Waals surface area contributed by atoms with Crippen LogP contribution in [0.4, 0.5) is 11.4 Å². The predicted octanol–water partition coefficient (Wildman–Crippen LogP) is 3.08. The molecule has 1 aliphatic rings. The lowest BCUT2D eigenvalue weighted by atomic mass is 10.2. The zero-order valence-electron chi connectivity index (χ0n) is 12.9. The van der Waals surface area contributed by atoms with E-state index in [4.69, 9.17) is 4.74 Å². The summed E-state index contributed by atoms with van der Waals surface area (Å²) in [5.41, 5.74) is 3.10. The van der Waals surface area contributed by atoms with Crippen LogP contribution >= 0.6 is 0 Å². The standard InChI is InChI=1S/C18H20N2O2/c1-13(19-15-8-4-6-10-17(15)22-2)18(21)20-12-11-14-7-3-5-9-16(14)20/h3-10,13,19H,11-12H2,1-2H3. The molecule has 0 saturated carbocycles. The molecule has 1 atom stereocenters. The monoisotopic (exact) mass is 296 g/mol. The molecule has 0 aliphatic carbocycles. The number of para-hydroxylation sites is 3. The molecule has 0 bridgehead atoms. The zero-order valence-corrected chi connectivity index (χ0v) is 12.9. The van der Waals surface area contributed by atoms with Crippen LogP contribution < -0.4 is 15.0 Å². The molecule has 1 unspecified atom stereocenters. The molecule has 1 aliphatic heterocycles. The lowest BCUT2D eigenvalue weighted by Gasteiger charge is -2.23. The second-order valence-corrected chi connectivity index (χ2v) is 5.43. The van der Waals surface area contributed by atoms with Crippen LogP contribution in [-0.4, -0.2) is 25.6 Å². The summed E-state index contributed by atoms with van der Waals surface area (Å²) in [6.45, 7) is 2.63. The van der Waals surface area contributed by atoms with E-state index in [1.165, 1.54) is 5.56 Å². The van der Waals surface area contributed by atoms with Crippen molar-refractivity contribution < 1.29 is 9.53 Å². The van der Waals surface area contributed by atoms with Crippen molar-refractivity contribution >= 4 is 17.3 Å². The minimum Gasteiger partial charge on any atom is -0.495 e. The Labute approximate surface area is 130 Å². The number of ether oxygens (including phenoxy) is 1. The van der Waals surface area contributed by atoms with Crippen molar-refractivity contribution in [1.29, 1.82) is 0 Å². The van der Waals surface area contributed by atoms with E-state index in [1.807, 2.05) is 54.3 Å². The number of methoxy groups -OCH3 is 1. The number of nitrogens with zero attached hydrogens (tertiary/aromatic N) is 1. The number of fused-ring (bicyclic) bond motifs is 1. The molecule has 4 nitrogen and oxygen atoms in total. The first-order valence-corrected chi connectivity index (χ1v) is 7.49. The highest BCUT2D eigenvalue weighted by Gasteiger charge is 2.27. The number of amides is 1. The molecule has 1 N–H and O–H groups in total. The van der Waals surface area contributed by atoms with E-state index in [0.717, 1.165) is 30.1 Å². The van der Waals surface area contributed by atoms with Gasteiger partial charge in [-0.25, -0.2) is 0 Å². The first-order valence-electron chi connectivity index (χ1n) is 7.49. The van der Waals surface area contributed by atoms with Crippen LogP contribution in [0.3, 0.4) is 0 Å². The average Bonchev–Trinajstić information content (AvgIpc) is 2.98. The molecule has 2 aromatic rings. The largest absolute Gasteiger partial charge is 0.495 e. The van der Waals surface area contributed by atoms with Gasteiger partial charge in [-0.15, -0.1) is 0 Å². The fraction of sp³-hybridized carbons (Fsp3) is 0.278. The van der Waals surface area contributed by atoms with Gasteiger partial charge in [0.15, 0.2) is 0 Å². The summed E-state index contributed by atoms with van der Waals surface area (Å²) in [5, 5.41) is 3.25. The van der Waals surface area contributed by atoms with Crippen molar-refractivity contribution in [3.8, 4) is 5.75 Å². The summed E-state index contributed by atoms with van der Waals surface area (Å²) in [4.78, 5) is 14.6. The molecular weight excluding hydrogens is 276 g/mol. The maximum absolute atomic E-state index is 12.7. The van der Waals surface area contributed by atoms with E-state index in [1.54, 1.807) is 7.11 Å². The Morgan fingerprint density at radius 3 is 2.73 bits per heavy atom. The molecule has 114 valence electrons. The van der Waals surface area contributed by atoms with Gasteiger partial charge in [0.25, 0.3) is 0 Å². The van der Waals surface area contributed by atoms with Crippen molar-refractivity contribution in [3.63, 3.8) is 0 Å². The minimum atomic E-state index is -0.317. The Hall–Kier alpha value is -2.49. The first-order chi connectivity index (χ1) is 10.7. The summed E-state index contributed by atoms with van der Waals surface area (Å²) in [6, 6.07) is 15.4. The third-order valence-electron chi connectivity index (χ3n) is 4.00. The highest BCUT2D eigenvalue weighted by Crippen LogP contribution is 2.29. The normalized spacial score (nSPS) is 14.4. The fourth-order valence-corrected chi connectivity index (χ4v) is 2.86. The second kappa shape index (κ2) is 6.10. The van der Waals surface area contributed by atoms with Crippen molar-refractivity contribution in [3.05, 3.63) is 54.1 Å². The third kappa shape index (κ3) is 2.64. The van der Waals surface area contributed by atoms with Gasteiger partial charge < -0.3 is 15.0 Å². The zero-order chi connectivity index (χ0) is 15.5. The maximum Gasteiger partial charge on any atom is 0.249 e. The molecule has 1 heterocycles. The fourth-order valence-electron chi connectivity index (χ4n) is 2.86. The SMILES string of the molecule is COc1ccccc1NC(C)C(=O)N1CCc2ccccc21. The van der Waals surface area contributed by atoms with Crippen LogP contribution in [0.15, 0.2) is 48.5 Å². The van der Waals surface area contributed by atoms with Gasteiger partial charge in [-0.1, -0.05) is 30.3 Å². The quantitative estimate of drug-likeness (QED) is 0.942. The van der Waals surface area contributed by atoms with Gasteiger partial charge in [0.05, 0.1) is 12.8 Å². The number of rotatable bonds is 4. The van der Waals surface area contributed by atoms with Crippen LogP contribution in [0.2, 0.25) is 0 Å². The van der Waals surface area contributed by atoms with Crippen LogP contribution in [0.25, 0.3) is 0 Å². The van der Waals surface area contributed by atoms with Gasteiger partial charge in [-0.05, 0) is 37.1 Å².